The molecule has 3 heterocycles. The first-order valence-electron chi connectivity index (χ1n) is 9.19. The lowest BCUT2D eigenvalue weighted by Crippen LogP contribution is -2.42. The van der Waals surface area contributed by atoms with Crippen LogP contribution >= 0.6 is 11.3 Å². The van der Waals surface area contributed by atoms with Crippen molar-refractivity contribution in [2.75, 3.05) is 23.3 Å². The van der Waals surface area contributed by atoms with Gasteiger partial charge in [0.05, 0.1) is 4.88 Å². The normalized spacial score (nSPS) is 19.6. The zero-order chi connectivity index (χ0) is 18.8. The fourth-order valence-electron chi connectivity index (χ4n) is 3.70. The molecule has 0 aliphatic carbocycles. The van der Waals surface area contributed by atoms with Crippen LogP contribution in [0.4, 0.5) is 11.4 Å². The SMILES string of the molecule is O=C(Nc1ccc(N2CCCC2=O)cc1)C1CCCN1C(=O)c1cccs1. The first-order valence-corrected chi connectivity index (χ1v) is 10.1. The maximum atomic E-state index is 12.7. The predicted molar refractivity (Wildman–Crippen MR) is 105 cm³/mol. The van der Waals surface area contributed by atoms with E-state index in [4.69, 9.17) is 0 Å². The molecular formula is C20H21N3O3S. The minimum atomic E-state index is -0.445. The van der Waals surface area contributed by atoms with Gasteiger partial charge in [-0.2, -0.15) is 0 Å². The summed E-state index contributed by atoms with van der Waals surface area (Å²) in [6.45, 7) is 1.34. The summed E-state index contributed by atoms with van der Waals surface area (Å²) in [4.78, 5) is 41.3. The molecule has 1 aromatic heterocycles. The first kappa shape index (κ1) is 17.7. The molecule has 7 heteroatoms. The van der Waals surface area contributed by atoms with Crippen LogP contribution in [0, 0.1) is 0 Å². The van der Waals surface area contributed by atoms with Crippen LogP contribution in [0.5, 0.6) is 0 Å². The van der Waals surface area contributed by atoms with Gasteiger partial charge < -0.3 is 15.1 Å². The lowest BCUT2D eigenvalue weighted by Gasteiger charge is -2.23. The fourth-order valence-corrected chi connectivity index (χ4v) is 4.37. The molecular weight excluding hydrogens is 362 g/mol. The van der Waals surface area contributed by atoms with E-state index in [-0.39, 0.29) is 17.7 Å². The standard InChI is InChI=1S/C20H21N3O3S/c24-18-6-2-11-22(18)15-9-7-14(8-10-15)21-19(25)16-4-1-12-23(16)20(26)17-5-3-13-27-17/h3,5,7-10,13,16H,1-2,4,6,11-12H2,(H,21,25). The maximum absolute atomic E-state index is 12.7. The van der Waals surface area contributed by atoms with Gasteiger partial charge in [-0.05, 0) is 55.0 Å². The van der Waals surface area contributed by atoms with Crippen molar-refractivity contribution >= 4 is 40.4 Å². The topological polar surface area (TPSA) is 69.7 Å². The molecule has 0 bridgehead atoms. The molecule has 1 N–H and O–H groups in total. The molecule has 1 atom stereocenters. The fraction of sp³-hybridized carbons (Fsp3) is 0.350. The van der Waals surface area contributed by atoms with E-state index in [1.54, 1.807) is 28.0 Å². The van der Waals surface area contributed by atoms with E-state index in [1.165, 1.54) is 11.3 Å². The number of carbonyl (C=O) groups excluding carboxylic acids is 3. The smallest absolute Gasteiger partial charge is 0.264 e. The average molecular weight is 383 g/mol. The van der Waals surface area contributed by atoms with E-state index in [1.807, 2.05) is 23.6 Å². The van der Waals surface area contributed by atoms with Crippen LogP contribution in [-0.4, -0.2) is 41.8 Å². The highest BCUT2D eigenvalue weighted by Crippen LogP contribution is 2.25. The average Bonchev–Trinajstić information content (AvgIpc) is 3.43. The summed E-state index contributed by atoms with van der Waals surface area (Å²) in [6.07, 6.45) is 2.97. The number of benzene rings is 1. The minimum Gasteiger partial charge on any atom is -0.326 e. The van der Waals surface area contributed by atoms with Gasteiger partial charge in [0.2, 0.25) is 11.8 Å². The zero-order valence-corrected chi connectivity index (χ0v) is 15.7. The number of likely N-dealkylation sites (tertiary alicyclic amines) is 1. The van der Waals surface area contributed by atoms with Crippen molar-refractivity contribution in [3.05, 3.63) is 46.7 Å². The monoisotopic (exact) mass is 383 g/mol. The molecule has 2 aliphatic rings. The van der Waals surface area contributed by atoms with E-state index in [9.17, 15) is 14.4 Å². The maximum Gasteiger partial charge on any atom is 0.264 e. The van der Waals surface area contributed by atoms with Crippen LogP contribution in [0.15, 0.2) is 41.8 Å². The van der Waals surface area contributed by atoms with E-state index in [0.717, 1.165) is 25.1 Å². The summed E-state index contributed by atoms with van der Waals surface area (Å²) in [6, 6.07) is 10.5. The van der Waals surface area contributed by atoms with E-state index in [0.29, 0.717) is 30.0 Å². The van der Waals surface area contributed by atoms with Crippen molar-refractivity contribution in [2.45, 2.75) is 31.7 Å². The largest absolute Gasteiger partial charge is 0.326 e. The van der Waals surface area contributed by atoms with Gasteiger partial charge in [0.1, 0.15) is 6.04 Å². The molecule has 1 aromatic carbocycles. The Morgan fingerprint density at radius 3 is 2.56 bits per heavy atom. The number of hydrogen-bond acceptors (Lipinski definition) is 4. The lowest BCUT2D eigenvalue weighted by atomic mass is 10.2. The molecule has 2 saturated heterocycles. The third-order valence-corrected chi connectivity index (χ3v) is 5.93. The Morgan fingerprint density at radius 1 is 1.07 bits per heavy atom. The second kappa shape index (κ2) is 7.52. The van der Waals surface area contributed by atoms with Gasteiger partial charge in [-0.25, -0.2) is 0 Å². The Morgan fingerprint density at radius 2 is 1.89 bits per heavy atom. The Hall–Kier alpha value is -2.67. The Bertz CT molecular complexity index is 848. The number of anilines is 2. The number of amides is 3. The summed E-state index contributed by atoms with van der Waals surface area (Å²) >= 11 is 1.39. The lowest BCUT2D eigenvalue weighted by molar-refractivity contribution is -0.119. The van der Waals surface area contributed by atoms with Crippen LogP contribution in [0.25, 0.3) is 0 Å². The van der Waals surface area contributed by atoms with Crippen molar-refractivity contribution in [2.24, 2.45) is 0 Å². The number of thiophene rings is 1. The molecule has 2 aliphatic heterocycles. The van der Waals surface area contributed by atoms with Crippen LogP contribution in [-0.2, 0) is 9.59 Å². The summed E-state index contributed by atoms with van der Waals surface area (Å²) in [5, 5.41) is 4.78. The first-order chi connectivity index (χ1) is 13.1. The summed E-state index contributed by atoms with van der Waals surface area (Å²) in [5.41, 5.74) is 1.52. The summed E-state index contributed by atoms with van der Waals surface area (Å²) in [7, 11) is 0. The molecule has 2 aromatic rings. The van der Waals surface area contributed by atoms with E-state index >= 15 is 0 Å². The van der Waals surface area contributed by atoms with E-state index < -0.39 is 6.04 Å². The second-order valence-corrected chi connectivity index (χ2v) is 7.77. The van der Waals surface area contributed by atoms with Gasteiger partial charge in [-0.15, -0.1) is 11.3 Å². The Kier molecular flexibility index (Phi) is 4.94. The molecule has 27 heavy (non-hydrogen) atoms. The van der Waals surface area contributed by atoms with E-state index in [2.05, 4.69) is 5.32 Å². The molecule has 2 fully saturated rings. The number of carbonyl (C=O) groups is 3. The highest BCUT2D eigenvalue weighted by Gasteiger charge is 2.35. The van der Waals surface area contributed by atoms with Gasteiger partial charge >= 0.3 is 0 Å². The van der Waals surface area contributed by atoms with Crippen molar-refractivity contribution < 1.29 is 14.4 Å². The van der Waals surface area contributed by atoms with Crippen molar-refractivity contribution in [1.29, 1.82) is 0 Å². The number of nitrogens with one attached hydrogen (secondary N) is 1. The quantitative estimate of drug-likeness (QED) is 0.882. The highest BCUT2D eigenvalue weighted by molar-refractivity contribution is 7.12. The van der Waals surface area contributed by atoms with Crippen LogP contribution in [0.1, 0.15) is 35.4 Å². The molecule has 0 saturated carbocycles. The Balaban J connectivity index is 1.42. The second-order valence-electron chi connectivity index (χ2n) is 6.82. The van der Waals surface area contributed by atoms with Crippen molar-refractivity contribution in [1.82, 2.24) is 4.90 Å². The molecule has 0 spiro atoms. The molecule has 4 rings (SSSR count). The zero-order valence-electron chi connectivity index (χ0n) is 14.9. The predicted octanol–water partition coefficient (Wildman–Crippen LogP) is 3.12. The van der Waals surface area contributed by atoms with Crippen molar-refractivity contribution in [3.8, 4) is 0 Å². The number of hydrogen-bond donors (Lipinski definition) is 1. The Labute approximate surface area is 161 Å². The van der Waals surface area contributed by atoms with Crippen LogP contribution in [0.3, 0.4) is 0 Å². The summed E-state index contributed by atoms with van der Waals surface area (Å²) < 4.78 is 0. The molecule has 6 nitrogen and oxygen atoms in total. The molecule has 1 unspecified atom stereocenters. The van der Waals surface area contributed by atoms with Gasteiger partial charge in [0.25, 0.3) is 5.91 Å². The van der Waals surface area contributed by atoms with Crippen LogP contribution < -0.4 is 10.2 Å². The number of rotatable bonds is 4. The minimum absolute atomic E-state index is 0.0782. The summed E-state index contributed by atoms with van der Waals surface area (Å²) in [5.74, 6) is -0.103. The van der Waals surface area contributed by atoms with Gasteiger partial charge in [0, 0.05) is 30.9 Å². The van der Waals surface area contributed by atoms with Crippen LogP contribution in [0.2, 0.25) is 0 Å². The number of nitrogens with zero attached hydrogens (tertiary/aromatic N) is 2. The van der Waals surface area contributed by atoms with Gasteiger partial charge in [-0.3, -0.25) is 14.4 Å². The third kappa shape index (κ3) is 3.60. The highest BCUT2D eigenvalue weighted by atomic mass is 32.1. The third-order valence-electron chi connectivity index (χ3n) is 5.07. The molecule has 3 amide bonds. The molecule has 0 radical (unpaired) electrons. The van der Waals surface area contributed by atoms with Crippen molar-refractivity contribution in [3.63, 3.8) is 0 Å². The van der Waals surface area contributed by atoms with Gasteiger partial charge in [0.15, 0.2) is 0 Å². The van der Waals surface area contributed by atoms with Gasteiger partial charge in [-0.1, -0.05) is 6.07 Å². The molecule has 140 valence electrons.